The number of fused-ring (bicyclic) bond motifs is 1. The molecule has 1 amide bonds. The van der Waals surface area contributed by atoms with Gasteiger partial charge in [-0.2, -0.15) is 0 Å². The highest BCUT2D eigenvalue weighted by atomic mass is 16.3. The first kappa shape index (κ1) is 15.6. The van der Waals surface area contributed by atoms with Crippen LogP contribution >= 0.6 is 0 Å². The minimum atomic E-state index is 0.0586. The molecule has 0 fully saturated rings. The number of carbonyl (C=O) groups excluding carboxylic acids is 1. The van der Waals surface area contributed by atoms with Gasteiger partial charge in [-0.3, -0.25) is 4.79 Å². The normalized spacial score (nSPS) is 12.6. The molecule has 1 aromatic heterocycles. The number of furan rings is 1. The van der Waals surface area contributed by atoms with Gasteiger partial charge < -0.3 is 15.1 Å². The standard InChI is InChI=1S/C17H24N2O2/c1-4-15-14(13-7-5-6-8-16(13)21-15)11-19(3)17(20)10-9-12(2)18/h5-8,12H,4,9-11,18H2,1-3H3. The Balaban J connectivity index is 2.16. The third kappa shape index (κ3) is 3.64. The molecular weight excluding hydrogens is 264 g/mol. The highest BCUT2D eigenvalue weighted by molar-refractivity contribution is 5.83. The number of para-hydroxylation sites is 1. The van der Waals surface area contributed by atoms with Crippen LogP contribution in [0.2, 0.25) is 0 Å². The van der Waals surface area contributed by atoms with Crippen molar-refractivity contribution in [3.05, 3.63) is 35.6 Å². The molecule has 0 saturated carbocycles. The number of hydrogen-bond acceptors (Lipinski definition) is 3. The summed E-state index contributed by atoms with van der Waals surface area (Å²) < 4.78 is 5.87. The topological polar surface area (TPSA) is 59.5 Å². The molecule has 0 saturated heterocycles. The first-order chi connectivity index (χ1) is 10.0. The van der Waals surface area contributed by atoms with Gasteiger partial charge in [-0.05, 0) is 19.4 Å². The fourth-order valence-electron chi connectivity index (χ4n) is 2.48. The average molecular weight is 288 g/mol. The Hall–Kier alpha value is -1.81. The number of rotatable bonds is 6. The van der Waals surface area contributed by atoms with Crippen molar-refractivity contribution < 1.29 is 9.21 Å². The van der Waals surface area contributed by atoms with E-state index in [-0.39, 0.29) is 11.9 Å². The van der Waals surface area contributed by atoms with Crippen molar-refractivity contribution in [1.82, 2.24) is 4.90 Å². The summed E-state index contributed by atoms with van der Waals surface area (Å²) in [5.74, 6) is 1.09. The third-order valence-electron chi connectivity index (χ3n) is 3.74. The first-order valence-electron chi connectivity index (χ1n) is 7.51. The lowest BCUT2D eigenvalue weighted by molar-refractivity contribution is -0.130. The number of nitrogens with two attached hydrogens (primary N) is 1. The van der Waals surface area contributed by atoms with E-state index in [9.17, 15) is 4.79 Å². The lowest BCUT2D eigenvalue weighted by atomic mass is 10.1. The van der Waals surface area contributed by atoms with E-state index in [0.717, 1.165) is 35.1 Å². The van der Waals surface area contributed by atoms with E-state index in [2.05, 4.69) is 6.92 Å². The molecule has 1 atom stereocenters. The molecule has 0 aliphatic carbocycles. The fourth-order valence-corrected chi connectivity index (χ4v) is 2.48. The summed E-state index contributed by atoms with van der Waals surface area (Å²) in [5, 5.41) is 1.10. The van der Waals surface area contributed by atoms with Gasteiger partial charge in [-0.15, -0.1) is 0 Å². The minimum Gasteiger partial charge on any atom is -0.461 e. The predicted molar refractivity (Wildman–Crippen MR) is 84.9 cm³/mol. The summed E-state index contributed by atoms with van der Waals surface area (Å²) in [5.41, 5.74) is 7.72. The Morgan fingerprint density at radius 2 is 2.10 bits per heavy atom. The zero-order chi connectivity index (χ0) is 15.4. The number of amides is 1. The average Bonchev–Trinajstić information content (AvgIpc) is 2.82. The molecular formula is C17H24N2O2. The maximum Gasteiger partial charge on any atom is 0.222 e. The second kappa shape index (κ2) is 6.76. The monoisotopic (exact) mass is 288 g/mol. The van der Waals surface area contributed by atoms with E-state index in [1.165, 1.54) is 0 Å². The van der Waals surface area contributed by atoms with E-state index >= 15 is 0 Å². The summed E-state index contributed by atoms with van der Waals surface area (Å²) in [6, 6.07) is 8.04. The zero-order valence-electron chi connectivity index (χ0n) is 13.1. The Labute approximate surface area is 125 Å². The molecule has 1 unspecified atom stereocenters. The van der Waals surface area contributed by atoms with Gasteiger partial charge in [-0.25, -0.2) is 0 Å². The zero-order valence-corrected chi connectivity index (χ0v) is 13.1. The van der Waals surface area contributed by atoms with Gasteiger partial charge in [0.2, 0.25) is 5.91 Å². The van der Waals surface area contributed by atoms with E-state index in [0.29, 0.717) is 13.0 Å². The van der Waals surface area contributed by atoms with Gasteiger partial charge in [-0.1, -0.05) is 25.1 Å². The molecule has 0 aliphatic rings. The second-order valence-corrected chi connectivity index (χ2v) is 5.62. The number of nitrogens with zero attached hydrogens (tertiary/aromatic N) is 1. The maximum atomic E-state index is 12.1. The summed E-state index contributed by atoms with van der Waals surface area (Å²) in [6.45, 7) is 4.57. The van der Waals surface area contributed by atoms with Gasteiger partial charge in [0.25, 0.3) is 0 Å². The van der Waals surface area contributed by atoms with Crippen LogP contribution in [0.3, 0.4) is 0 Å². The van der Waals surface area contributed by atoms with Crippen molar-refractivity contribution in [2.45, 2.75) is 45.7 Å². The van der Waals surface area contributed by atoms with E-state index in [1.54, 1.807) is 4.90 Å². The summed E-state index contributed by atoms with van der Waals surface area (Å²) in [6.07, 6.45) is 2.03. The summed E-state index contributed by atoms with van der Waals surface area (Å²) >= 11 is 0. The van der Waals surface area contributed by atoms with Gasteiger partial charge in [0.05, 0.1) is 0 Å². The molecule has 0 radical (unpaired) electrons. The number of aryl methyl sites for hydroxylation is 1. The van der Waals surface area contributed by atoms with Crippen molar-refractivity contribution in [3.8, 4) is 0 Å². The van der Waals surface area contributed by atoms with Crippen LogP contribution in [0.25, 0.3) is 11.0 Å². The van der Waals surface area contributed by atoms with E-state index < -0.39 is 0 Å². The Bertz CT molecular complexity index is 616. The smallest absolute Gasteiger partial charge is 0.222 e. The molecule has 2 rings (SSSR count). The highest BCUT2D eigenvalue weighted by Crippen LogP contribution is 2.27. The van der Waals surface area contributed by atoms with Gasteiger partial charge in [0.1, 0.15) is 11.3 Å². The molecule has 21 heavy (non-hydrogen) atoms. The lowest BCUT2D eigenvalue weighted by Crippen LogP contribution is -2.28. The largest absolute Gasteiger partial charge is 0.461 e. The van der Waals surface area contributed by atoms with Crippen LogP contribution in [-0.4, -0.2) is 23.9 Å². The van der Waals surface area contributed by atoms with Crippen molar-refractivity contribution in [1.29, 1.82) is 0 Å². The van der Waals surface area contributed by atoms with E-state index in [1.807, 2.05) is 38.2 Å². The molecule has 1 heterocycles. The highest BCUT2D eigenvalue weighted by Gasteiger charge is 2.17. The van der Waals surface area contributed by atoms with Crippen LogP contribution in [0.15, 0.2) is 28.7 Å². The second-order valence-electron chi connectivity index (χ2n) is 5.62. The van der Waals surface area contributed by atoms with Gasteiger partial charge in [0, 0.05) is 43.4 Å². The number of carbonyl (C=O) groups is 1. The molecule has 4 nitrogen and oxygen atoms in total. The van der Waals surface area contributed by atoms with Crippen LogP contribution in [0.5, 0.6) is 0 Å². The first-order valence-corrected chi connectivity index (χ1v) is 7.51. The Morgan fingerprint density at radius 1 is 1.38 bits per heavy atom. The van der Waals surface area contributed by atoms with Crippen molar-refractivity contribution in [3.63, 3.8) is 0 Å². The van der Waals surface area contributed by atoms with Crippen molar-refractivity contribution in [2.75, 3.05) is 7.05 Å². The van der Waals surface area contributed by atoms with Gasteiger partial charge >= 0.3 is 0 Å². The fraction of sp³-hybridized carbons (Fsp3) is 0.471. The van der Waals surface area contributed by atoms with Crippen LogP contribution in [-0.2, 0) is 17.8 Å². The summed E-state index contributed by atoms with van der Waals surface area (Å²) in [4.78, 5) is 13.9. The third-order valence-corrected chi connectivity index (χ3v) is 3.74. The van der Waals surface area contributed by atoms with Gasteiger partial charge in [0.15, 0.2) is 0 Å². The lowest BCUT2D eigenvalue weighted by Gasteiger charge is -2.18. The predicted octanol–water partition coefficient (Wildman–Crippen LogP) is 3.08. The van der Waals surface area contributed by atoms with Crippen LogP contribution in [0.1, 0.15) is 38.0 Å². The van der Waals surface area contributed by atoms with Crippen LogP contribution in [0.4, 0.5) is 0 Å². The molecule has 2 N–H and O–H groups in total. The quantitative estimate of drug-likeness (QED) is 0.888. The molecule has 2 aromatic rings. The number of hydrogen-bond donors (Lipinski definition) is 1. The van der Waals surface area contributed by atoms with Crippen molar-refractivity contribution >= 4 is 16.9 Å². The molecule has 4 heteroatoms. The van der Waals surface area contributed by atoms with Crippen LogP contribution in [0, 0.1) is 0 Å². The van der Waals surface area contributed by atoms with Crippen LogP contribution < -0.4 is 5.73 Å². The minimum absolute atomic E-state index is 0.0586. The molecule has 0 bridgehead atoms. The Kier molecular flexibility index (Phi) is 5.02. The Morgan fingerprint density at radius 3 is 2.76 bits per heavy atom. The molecule has 1 aromatic carbocycles. The maximum absolute atomic E-state index is 12.1. The molecule has 114 valence electrons. The molecule has 0 aliphatic heterocycles. The SMILES string of the molecule is CCc1oc2ccccc2c1CN(C)C(=O)CCC(C)N. The van der Waals surface area contributed by atoms with E-state index in [4.69, 9.17) is 10.2 Å². The summed E-state index contributed by atoms with van der Waals surface area (Å²) in [7, 11) is 1.84. The van der Waals surface area contributed by atoms with Crippen molar-refractivity contribution in [2.24, 2.45) is 5.73 Å². The number of benzene rings is 1. The molecule has 0 spiro atoms.